The van der Waals surface area contributed by atoms with Gasteiger partial charge in [0.25, 0.3) is 0 Å². The second-order valence-electron chi connectivity index (χ2n) is 6.21. The summed E-state index contributed by atoms with van der Waals surface area (Å²) < 4.78 is 16.2. The SMILES string of the molecule is CCOC(=O)[C@H](C)OCO[C@@H]1C[C@@H](C)CC[C@H]1C(C)C. The van der Waals surface area contributed by atoms with Crippen LogP contribution in [-0.4, -0.2) is 31.6 Å². The fourth-order valence-electron chi connectivity index (χ4n) is 2.86. The predicted octanol–water partition coefficient (Wildman–Crippen LogP) is 3.39. The molecule has 1 saturated carbocycles. The van der Waals surface area contributed by atoms with Gasteiger partial charge >= 0.3 is 5.97 Å². The maximum Gasteiger partial charge on any atom is 0.335 e. The van der Waals surface area contributed by atoms with Crippen LogP contribution in [0.1, 0.15) is 53.9 Å². The van der Waals surface area contributed by atoms with Crippen LogP contribution in [0.25, 0.3) is 0 Å². The van der Waals surface area contributed by atoms with Crippen molar-refractivity contribution in [1.82, 2.24) is 0 Å². The average molecular weight is 286 g/mol. The third-order valence-electron chi connectivity index (χ3n) is 4.18. The second-order valence-corrected chi connectivity index (χ2v) is 6.21. The Morgan fingerprint density at radius 1 is 1.25 bits per heavy atom. The topological polar surface area (TPSA) is 44.8 Å². The summed E-state index contributed by atoms with van der Waals surface area (Å²) >= 11 is 0. The molecule has 0 unspecified atom stereocenters. The Kier molecular flexibility index (Phi) is 7.52. The van der Waals surface area contributed by atoms with Crippen LogP contribution < -0.4 is 0 Å². The van der Waals surface area contributed by atoms with Crippen LogP contribution in [-0.2, 0) is 19.0 Å². The number of esters is 1. The van der Waals surface area contributed by atoms with Gasteiger partial charge in [0.15, 0.2) is 6.10 Å². The lowest BCUT2D eigenvalue weighted by molar-refractivity contribution is -0.176. The van der Waals surface area contributed by atoms with E-state index in [0.717, 1.165) is 6.42 Å². The molecule has 0 amide bonds. The van der Waals surface area contributed by atoms with E-state index in [1.807, 2.05) is 0 Å². The Bertz CT molecular complexity index is 290. The van der Waals surface area contributed by atoms with Crippen molar-refractivity contribution in [1.29, 1.82) is 0 Å². The summed E-state index contributed by atoms with van der Waals surface area (Å²) in [5.41, 5.74) is 0. The second kappa shape index (κ2) is 8.63. The summed E-state index contributed by atoms with van der Waals surface area (Å²) in [7, 11) is 0. The van der Waals surface area contributed by atoms with Gasteiger partial charge in [0.2, 0.25) is 0 Å². The molecule has 0 aromatic carbocycles. The fraction of sp³-hybridized carbons (Fsp3) is 0.938. The molecule has 0 heterocycles. The van der Waals surface area contributed by atoms with Crippen LogP contribution in [0.4, 0.5) is 0 Å². The molecule has 20 heavy (non-hydrogen) atoms. The van der Waals surface area contributed by atoms with E-state index in [2.05, 4.69) is 20.8 Å². The summed E-state index contributed by atoms with van der Waals surface area (Å²) in [6.07, 6.45) is 3.27. The molecule has 1 aliphatic carbocycles. The van der Waals surface area contributed by atoms with Crippen molar-refractivity contribution in [3.05, 3.63) is 0 Å². The van der Waals surface area contributed by atoms with E-state index in [9.17, 15) is 4.79 Å². The summed E-state index contributed by atoms with van der Waals surface area (Å²) in [5.74, 6) is 1.59. The van der Waals surface area contributed by atoms with Gasteiger partial charge in [-0.2, -0.15) is 0 Å². The van der Waals surface area contributed by atoms with Crippen LogP contribution >= 0.6 is 0 Å². The van der Waals surface area contributed by atoms with E-state index in [1.165, 1.54) is 12.8 Å². The predicted molar refractivity (Wildman–Crippen MR) is 78.3 cm³/mol. The van der Waals surface area contributed by atoms with Gasteiger partial charge in [-0.3, -0.25) is 0 Å². The highest BCUT2D eigenvalue weighted by Gasteiger charge is 2.31. The lowest BCUT2D eigenvalue weighted by Crippen LogP contribution is -2.35. The maximum atomic E-state index is 11.4. The molecule has 1 fully saturated rings. The van der Waals surface area contributed by atoms with E-state index >= 15 is 0 Å². The van der Waals surface area contributed by atoms with Crippen LogP contribution in [0.3, 0.4) is 0 Å². The molecule has 1 rings (SSSR count). The number of ether oxygens (including phenoxy) is 3. The zero-order valence-electron chi connectivity index (χ0n) is 13.6. The van der Waals surface area contributed by atoms with Crippen LogP contribution in [0.15, 0.2) is 0 Å². The summed E-state index contributed by atoms with van der Waals surface area (Å²) in [5, 5.41) is 0. The first-order valence-corrected chi connectivity index (χ1v) is 7.85. The standard InChI is InChI=1S/C16H30O4/c1-6-18-16(17)13(5)19-10-20-15-9-12(4)7-8-14(15)11(2)3/h11-15H,6-10H2,1-5H3/t12-,13-,14-,15+/m0/s1. The fourth-order valence-corrected chi connectivity index (χ4v) is 2.86. The molecule has 0 aliphatic heterocycles. The molecule has 118 valence electrons. The Balaban J connectivity index is 2.36. The first kappa shape index (κ1) is 17.4. The smallest absolute Gasteiger partial charge is 0.335 e. The number of hydrogen-bond acceptors (Lipinski definition) is 4. The zero-order valence-corrected chi connectivity index (χ0v) is 13.6. The van der Waals surface area contributed by atoms with Gasteiger partial charge in [-0.15, -0.1) is 0 Å². The minimum Gasteiger partial charge on any atom is -0.464 e. The molecule has 0 N–H and O–H groups in total. The van der Waals surface area contributed by atoms with Crippen LogP contribution in [0, 0.1) is 17.8 Å². The van der Waals surface area contributed by atoms with Crippen molar-refractivity contribution in [3.63, 3.8) is 0 Å². The van der Waals surface area contributed by atoms with Crippen molar-refractivity contribution >= 4 is 5.97 Å². The monoisotopic (exact) mass is 286 g/mol. The molecular formula is C16H30O4. The molecule has 0 saturated heterocycles. The number of carbonyl (C=O) groups is 1. The van der Waals surface area contributed by atoms with Crippen molar-refractivity contribution in [3.8, 4) is 0 Å². The first-order chi connectivity index (χ1) is 9.45. The molecule has 0 aromatic heterocycles. The van der Waals surface area contributed by atoms with Crippen molar-refractivity contribution in [2.75, 3.05) is 13.4 Å². The Hall–Kier alpha value is -0.610. The Labute approximate surface area is 123 Å². The van der Waals surface area contributed by atoms with Crippen molar-refractivity contribution < 1.29 is 19.0 Å². The minimum absolute atomic E-state index is 0.167. The highest BCUT2D eigenvalue weighted by Crippen LogP contribution is 2.35. The first-order valence-electron chi connectivity index (χ1n) is 7.85. The molecule has 0 bridgehead atoms. The summed E-state index contributed by atoms with van der Waals surface area (Å²) in [4.78, 5) is 11.4. The molecule has 4 heteroatoms. The zero-order chi connectivity index (χ0) is 15.1. The van der Waals surface area contributed by atoms with Gasteiger partial charge in [0, 0.05) is 0 Å². The molecule has 0 spiro atoms. The van der Waals surface area contributed by atoms with Crippen molar-refractivity contribution in [2.45, 2.75) is 66.1 Å². The van der Waals surface area contributed by atoms with Gasteiger partial charge in [0.05, 0.1) is 12.7 Å². The van der Waals surface area contributed by atoms with Gasteiger partial charge < -0.3 is 14.2 Å². The van der Waals surface area contributed by atoms with E-state index in [-0.39, 0.29) is 18.9 Å². The van der Waals surface area contributed by atoms with Gasteiger partial charge in [-0.1, -0.05) is 27.2 Å². The van der Waals surface area contributed by atoms with E-state index in [0.29, 0.717) is 24.4 Å². The normalized spacial score (nSPS) is 28.4. The van der Waals surface area contributed by atoms with Gasteiger partial charge in [-0.05, 0) is 44.4 Å². The van der Waals surface area contributed by atoms with E-state index in [4.69, 9.17) is 14.2 Å². The van der Waals surface area contributed by atoms with E-state index in [1.54, 1.807) is 13.8 Å². The quantitative estimate of drug-likeness (QED) is 0.531. The molecule has 4 atom stereocenters. The lowest BCUT2D eigenvalue weighted by Gasteiger charge is -2.37. The van der Waals surface area contributed by atoms with Crippen LogP contribution in [0.5, 0.6) is 0 Å². The van der Waals surface area contributed by atoms with Gasteiger partial charge in [-0.25, -0.2) is 4.79 Å². The third-order valence-corrected chi connectivity index (χ3v) is 4.18. The molecule has 0 radical (unpaired) electrons. The van der Waals surface area contributed by atoms with Gasteiger partial charge in [0.1, 0.15) is 6.79 Å². The highest BCUT2D eigenvalue weighted by atomic mass is 16.7. The number of hydrogen-bond donors (Lipinski definition) is 0. The Morgan fingerprint density at radius 2 is 1.95 bits per heavy atom. The highest BCUT2D eigenvalue weighted by molar-refractivity contribution is 5.74. The lowest BCUT2D eigenvalue weighted by atomic mass is 9.75. The maximum absolute atomic E-state index is 11.4. The third kappa shape index (κ3) is 5.41. The van der Waals surface area contributed by atoms with Crippen molar-refractivity contribution in [2.24, 2.45) is 17.8 Å². The summed E-state index contributed by atoms with van der Waals surface area (Å²) in [6.45, 7) is 10.8. The largest absolute Gasteiger partial charge is 0.464 e. The van der Waals surface area contributed by atoms with E-state index < -0.39 is 6.10 Å². The number of carbonyl (C=O) groups excluding carboxylic acids is 1. The number of rotatable bonds is 7. The Morgan fingerprint density at radius 3 is 2.55 bits per heavy atom. The molecule has 0 aromatic rings. The van der Waals surface area contributed by atoms with Crippen LogP contribution in [0.2, 0.25) is 0 Å². The molecular weight excluding hydrogens is 256 g/mol. The minimum atomic E-state index is -0.562. The summed E-state index contributed by atoms with van der Waals surface area (Å²) in [6, 6.07) is 0. The average Bonchev–Trinajstić information content (AvgIpc) is 2.38. The molecule has 4 nitrogen and oxygen atoms in total. The molecule has 1 aliphatic rings.